The van der Waals surface area contributed by atoms with Crippen molar-refractivity contribution in [2.45, 2.75) is 25.4 Å². The van der Waals surface area contributed by atoms with E-state index < -0.39 is 17.9 Å². The van der Waals surface area contributed by atoms with Gasteiger partial charge in [0.2, 0.25) is 0 Å². The summed E-state index contributed by atoms with van der Waals surface area (Å²) in [5, 5.41) is 34.6. The summed E-state index contributed by atoms with van der Waals surface area (Å²) in [5.74, 6) is -4.48. The van der Waals surface area contributed by atoms with E-state index in [-0.39, 0.29) is 19.1 Å². The monoisotopic (exact) mass is 280 g/mol. The van der Waals surface area contributed by atoms with Gasteiger partial charge in [-0.3, -0.25) is 4.79 Å². The predicted octanol–water partition coefficient (Wildman–Crippen LogP) is -1.69. The SMILES string of the molecule is NCCC(=O)O.O=C(O)C(=O)O.OC1CCNCC1. The zero-order valence-corrected chi connectivity index (χ0v) is 10.4. The van der Waals surface area contributed by atoms with Gasteiger partial charge in [-0.1, -0.05) is 0 Å². The van der Waals surface area contributed by atoms with Gasteiger partial charge in [-0.05, 0) is 25.9 Å². The summed E-state index contributed by atoms with van der Waals surface area (Å²) in [6.07, 6.45) is 1.90. The molecule has 0 aliphatic carbocycles. The molecule has 0 aromatic rings. The Labute approximate surface area is 110 Å². The summed E-state index contributed by atoms with van der Waals surface area (Å²) in [7, 11) is 0. The third-order valence-electron chi connectivity index (χ3n) is 1.85. The van der Waals surface area contributed by atoms with E-state index in [2.05, 4.69) is 5.32 Å². The van der Waals surface area contributed by atoms with Crippen LogP contribution in [0.2, 0.25) is 0 Å². The number of piperidine rings is 1. The topological polar surface area (TPSA) is 170 Å². The highest BCUT2D eigenvalue weighted by Crippen LogP contribution is 1.99. The normalized spacial score (nSPS) is 14.2. The summed E-state index contributed by atoms with van der Waals surface area (Å²) in [5.41, 5.74) is 4.85. The second-order valence-electron chi connectivity index (χ2n) is 3.52. The van der Waals surface area contributed by atoms with Crippen molar-refractivity contribution in [1.29, 1.82) is 0 Å². The molecule has 9 nitrogen and oxygen atoms in total. The fourth-order valence-corrected chi connectivity index (χ4v) is 0.930. The maximum Gasteiger partial charge on any atom is 0.414 e. The smallest absolute Gasteiger partial charge is 0.414 e. The van der Waals surface area contributed by atoms with Crippen molar-refractivity contribution in [3.05, 3.63) is 0 Å². The van der Waals surface area contributed by atoms with E-state index in [1.54, 1.807) is 0 Å². The molecule has 0 amide bonds. The molecule has 0 unspecified atom stereocenters. The lowest BCUT2D eigenvalue weighted by Crippen LogP contribution is -2.30. The van der Waals surface area contributed by atoms with E-state index in [1.165, 1.54) is 0 Å². The number of nitrogens with one attached hydrogen (secondary N) is 1. The van der Waals surface area contributed by atoms with Crippen molar-refractivity contribution in [1.82, 2.24) is 5.32 Å². The van der Waals surface area contributed by atoms with Crippen LogP contribution in [0.1, 0.15) is 19.3 Å². The first kappa shape index (κ1) is 19.6. The molecule has 0 radical (unpaired) electrons. The van der Waals surface area contributed by atoms with E-state index in [0.717, 1.165) is 25.9 Å². The summed E-state index contributed by atoms with van der Waals surface area (Å²) < 4.78 is 0. The van der Waals surface area contributed by atoms with Crippen LogP contribution in [0.5, 0.6) is 0 Å². The molecule has 112 valence electrons. The minimum absolute atomic E-state index is 0.0266. The van der Waals surface area contributed by atoms with Crippen LogP contribution in [0.3, 0.4) is 0 Å². The first-order valence-corrected chi connectivity index (χ1v) is 5.58. The largest absolute Gasteiger partial charge is 0.481 e. The second kappa shape index (κ2) is 12.7. The Morgan fingerprint density at radius 3 is 1.58 bits per heavy atom. The molecule has 1 heterocycles. The average Bonchev–Trinajstić information content (AvgIpc) is 2.31. The highest BCUT2D eigenvalue weighted by molar-refractivity contribution is 6.27. The van der Waals surface area contributed by atoms with Crippen LogP contribution in [-0.2, 0) is 14.4 Å². The minimum Gasteiger partial charge on any atom is -0.481 e. The van der Waals surface area contributed by atoms with Gasteiger partial charge in [0.25, 0.3) is 0 Å². The third-order valence-corrected chi connectivity index (χ3v) is 1.85. The molecular weight excluding hydrogens is 260 g/mol. The standard InChI is InChI=1S/C5H11NO.C3H7NO2.C2H2O4/c7-5-1-3-6-4-2-5;4-2-1-3(5)6;3-1(4)2(5)6/h5-7H,1-4H2;1-2,4H2,(H,5,6);(H,3,4)(H,5,6). The summed E-state index contributed by atoms with van der Waals surface area (Å²) in [6.45, 7) is 2.21. The summed E-state index contributed by atoms with van der Waals surface area (Å²) >= 11 is 0. The number of carbonyl (C=O) groups is 3. The Morgan fingerprint density at radius 1 is 1.05 bits per heavy atom. The van der Waals surface area contributed by atoms with Gasteiger partial charge in [0, 0.05) is 6.54 Å². The van der Waals surface area contributed by atoms with Crippen LogP contribution < -0.4 is 11.1 Å². The molecule has 0 aromatic carbocycles. The molecular formula is C10H20N2O7. The van der Waals surface area contributed by atoms with Crippen molar-refractivity contribution < 1.29 is 34.8 Å². The molecule has 1 aliphatic rings. The average molecular weight is 280 g/mol. The number of nitrogens with two attached hydrogens (primary N) is 1. The minimum atomic E-state index is -1.82. The Morgan fingerprint density at radius 2 is 1.47 bits per heavy atom. The Balaban J connectivity index is 0. The number of aliphatic hydroxyl groups excluding tert-OH is 1. The van der Waals surface area contributed by atoms with Gasteiger partial charge in [0.05, 0.1) is 12.5 Å². The number of carboxylic acids is 3. The molecule has 0 atom stereocenters. The number of carboxylic acid groups (broad SMARTS) is 3. The molecule has 0 saturated carbocycles. The van der Waals surface area contributed by atoms with Gasteiger partial charge in [0.1, 0.15) is 0 Å². The first-order valence-electron chi connectivity index (χ1n) is 5.58. The van der Waals surface area contributed by atoms with E-state index >= 15 is 0 Å². The maximum absolute atomic E-state index is 9.52. The lowest BCUT2D eigenvalue weighted by atomic mass is 10.1. The quantitative estimate of drug-likeness (QED) is 0.323. The molecule has 7 N–H and O–H groups in total. The number of aliphatic hydroxyl groups is 1. The van der Waals surface area contributed by atoms with Crippen LogP contribution in [0.4, 0.5) is 0 Å². The summed E-state index contributed by atoms with van der Waals surface area (Å²) in [6, 6.07) is 0. The molecule has 1 rings (SSSR count). The van der Waals surface area contributed by atoms with Gasteiger partial charge in [-0.2, -0.15) is 0 Å². The van der Waals surface area contributed by atoms with Gasteiger partial charge < -0.3 is 31.5 Å². The second-order valence-corrected chi connectivity index (χ2v) is 3.52. The summed E-state index contributed by atoms with van der Waals surface area (Å²) in [4.78, 5) is 27.7. The van der Waals surface area contributed by atoms with Gasteiger partial charge in [-0.25, -0.2) is 9.59 Å². The Kier molecular flexibility index (Phi) is 13.2. The van der Waals surface area contributed by atoms with Gasteiger partial charge >= 0.3 is 17.9 Å². The molecule has 9 heteroatoms. The zero-order valence-electron chi connectivity index (χ0n) is 10.4. The lowest BCUT2D eigenvalue weighted by molar-refractivity contribution is -0.159. The molecule has 1 fully saturated rings. The molecule has 0 spiro atoms. The van der Waals surface area contributed by atoms with Crippen LogP contribution in [0, 0.1) is 0 Å². The Bertz CT molecular complexity index is 265. The number of hydrogen-bond acceptors (Lipinski definition) is 6. The highest BCUT2D eigenvalue weighted by atomic mass is 16.4. The maximum atomic E-state index is 9.52. The zero-order chi connectivity index (χ0) is 15.3. The first-order chi connectivity index (χ1) is 8.81. The van der Waals surface area contributed by atoms with Crippen molar-refractivity contribution in [2.75, 3.05) is 19.6 Å². The Hall–Kier alpha value is -1.71. The fourth-order valence-electron chi connectivity index (χ4n) is 0.930. The van der Waals surface area contributed by atoms with E-state index in [0.29, 0.717) is 0 Å². The van der Waals surface area contributed by atoms with E-state index in [1.807, 2.05) is 0 Å². The van der Waals surface area contributed by atoms with Crippen molar-refractivity contribution in [2.24, 2.45) is 5.73 Å². The van der Waals surface area contributed by atoms with E-state index in [9.17, 15) is 4.79 Å². The lowest BCUT2D eigenvalue weighted by Gasteiger charge is -2.16. The van der Waals surface area contributed by atoms with Crippen molar-refractivity contribution in [3.63, 3.8) is 0 Å². The number of rotatable bonds is 2. The number of aliphatic carboxylic acids is 3. The third kappa shape index (κ3) is 18.8. The highest BCUT2D eigenvalue weighted by Gasteiger charge is 2.06. The molecule has 0 bridgehead atoms. The molecule has 0 aromatic heterocycles. The van der Waals surface area contributed by atoms with Crippen LogP contribution in [0.25, 0.3) is 0 Å². The number of hydrogen-bond donors (Lipinski definition) is 6. The fraction of sp³-hybridized carbons (Fsp3) is 0.700. The van der Waals surface area contributed by atoms with Crippen LogP contribution in [0.15, 0.2) is 0 Å². The predicted molar refractivity (Wildman–Crippen MR) is 64.7 cm³/mol. The molecule has 19 heavy (non-hydrogen) atoms. The van der Waals surface area contributed by atoms with Crippen molar-refractivity contribution >= 4 is 17.9 Å². The van der Waals surface area contributed by atoms with Crippen LogP contribution >= 0.6 is 0 Å². The van der Waals surface area contributed by atoms with Crippen LogP contribution in [-0.4, -0.2) is 64.1 Å². The van der Waals surface area contributed by atoms with Gasteiger partial charge in [0.15, 0.2) is 0 Å². The van der Waals surface area contributed by atoms with E-state index in [4.69, 9.17) is 35.7 Å². The molecule has 1 saturated heterocycles. The molecule has 1 aliphatic heterocycles. The van der Waals surface area contributed by atoms with Gasteiger partial charge in [-0.15, -0.1) is 0 Å². The van der Waals surface area contributed by atoms with Crippen molar-refractivity contribution in [3.8, 4) is 0 Å².